The number of carbonyl (C=O) groups excluding carboxylic acids is 1. The lowest BCUT2D eigenvalue weighted by Crippen LogP contribution is -2.06. The van der Waals surface area contributed by atoms with Gasteiger partial charge in [0.2, 0.25) is 0 Å². The topological polar surface area (TPSA) is 39.2 Å². The largest absolute Gasteiger partial charge is 0.493 e. The van der Waals surface area contributed by atoms with Gasteiger partial charge >= 0.3 is 0 Å². The van der Waals surface area contributed by atoms with Crippen LogP contribution < -0.4 is 4.74 Å². The van der Waals surface area contributed by atoms with Crippen molar-refractivity contribution in [1.82, 2.24) is 4.98 Å². The minimum Gasteiger partial charge on any atom is -0.493 e. The number of ether oxygens (including phenoxy) is 1. The summed E-state index contributed by atoms with van der Waals surface area (Å²) in [6.07, 6.45) is 1.26. The number of nitrogens with zero attached hydrogens (tertiary/aromatic N) is 1. The van der Waals surface area contributed by atoms with Crippen molar-refractivity contribution in [3.05, 3.63) is 56.8 Å². The van der Waals surface area contributed by atoms with E-state index in [-0.39, 0.29) is 5.78 Å². The molecule has 0 fully saturated rings. The molecule has 0 saturated heterocycles. The number of hydrogen-bond donors (Lipinski definition) is 0. The Morgan fingerprint density at radius 3 is 2.67 bits per heavy atom. The number of Topliss-reactive ketones (excluding diaryl/α,β-unsaturated/α-hetero) is 1. The minimum atomic E-state index is 0.0967. The van der Waals surface area contributed by atoms with E-state index in [1.807, 2.05) is 32.0 Å². The monoisotopic (exact) mass is 345 g/mol. The Bertz CT molecular complexity index is 705. The van der Waals surface area contributed by atoms with Crippen LogP contribution in [-0.4, -0.2) is 17.4 Å². The van der Waals surface area contributed by atoms with Crippen LogP contribution in [0.1, 0.15) is 32.9 Å². The molecule has 1 aromatic carbocycles. The summed E-state index contributed by atoms with van der Waals surface area (Å²) in [4.78, 5) is 16.8. The van der Waals surface area contributed by atoms with E-state index in [1.165, 1.54) is 5.56 Å². The van der Waals surface area contributed by atoms with Crippen molar-refractivity contribution in [3.63, 3.8) is 0 Å². The number of benzene rings is 1. The van der Waals surface area contributed by atoms with Crippen molar-refractivity contribution < 1.29 is 9.53 Å². The van der Waals surface area contributed by atoms with Gasteiger partial charge in [0.05, 0.1) is 6.61 Å². The van der Waals surface area contributed by atoms with Crippen LogP contribution in [0.4, 0.5) is 0 Å². The Hall–Kier alpha value is -1.68. The smallest absolute Gasteiger partial charge is 0.167 e. The van der Waals surface area contributed by atoms with Crippen LogP contribution in [0.25, 0.3) is 0 Å². The zero-order valence-corrected chi connectivity index (χ0v) is 13.7. The average molecular weight is 346 g/mol. The minimum absolute atomic E-state index is 0.0967. The molecule has 0 N–H and O–H groups in total. The number of rotatable bonds is 3. The molecule has 1 aliphatic rings. The van der Waals surface area contributed by atoms with E-state index >= 15 is 0 Å². The lowest BCUT2D eigenvalue weighted by molar-refractivity contribution is 0.0991. The van der Waals surface area contributed by atoms with Gasteiger partial charge < -0.3 is 4.74 Å². The van der Waals surface area contributed by atoms with Crippen molar-refractivity contribution in [2.24, 2.45) is 0 Å². The first-order valence-electron chi connectivity index (χ1n) is 6.95. The highest BCUT2D eigenvalue weighted by molar-refractivity contribution is 9.10. The molecule has 0 bridgehead atoms. The van der Waals surface area contributed by atoms with Gasteiger partial charge in [0.1, 0.15) is 5.75 Å². The van der Waals surface area contributed by atoms with Crippen LogP contribution in [0.5, 0.6) is 5.75 Å². The van der Waals surface area contributed by atoms with Crippen molar-refractivity contribution >= 4 is 21.7 Å². The van der Waals surface area contributed by atoms with Gasteiger partial charge in [-0.2, -0.15) is 0 Å². The van der Waals surface area contributed by atoms with Crippen LogP contribution in [-0.2, 0) is 12.8 Å². The highest BCUT2D eigenvalue weighted by atomic mass is 79.9. The summed E-state index contributed by atoms with van der Waals surface area (Å²) in [7, 11) is 0. The Labute approximate surface area is 132 Å². The van der Waals surface area contributed by atoms with E-state index in [2.05, 4.69) is 27.0 Å². The molecular weight excluding hydrogens is 330 g/mol. The molecule has 0 aliphatic carbocycles. The average Bonchev–Trinajstić information content (AvgIpc) is 2.85. The number of aryl methyl sites for hydroxylation is 2. The summed E-state index contributed by atoms with van der Waals surface area (Å²) in [6.45, 7) is 4.51. The molecule has 1 aromatic heterocycles. The maximum Gasteiger partial charge on any atom is 0.167 e. The van der Waals surface area contributed by atoms with E-state index < -0.39 is 0 Å². The molecule has 4 heteroatoms. The predicted molar refractivity (Wildman–Crippen MR) is 85.1 cm³/mol. The molecule has 0 saturated carbocycles. The number of fused-ring (bicyclic) bond motifs is 1. The predicted octanol–water partition coefficient (Wildman–Crippen LogP) is 3.82. The molecule has 108 valence electrons. The van der Waals surface area contributed by atoms with Crippen LogP contribution in [0, 0.1) is 13.8 Å². The molecular formula is C17H16BrNO2. The van der Waals surface area contributed by atoms with Crippen molar-refractivity contribution in [2.45, 2.75) is 26.7 Å². The molecule has 0 unspecified atom stereocenters. The highest BCUT2D eigenvalue weighted by Crippen LogP contribution is 2.33. The zero-order valence-electron chi connectivity index (χ0n) is 12.1. The van der Waals surface area contributed by atoms with Crippen molar-refractivity contribution in [3.8, 4) is 5.75 Å². The van der Waals surface area contributed by atoms with Gasteiger partial charge in [-0.05, 0) is 43.7 Å². The standard InChI is InChI=1S/C17H16BrNO2/c1-10-5-13(6-11(2)19-10)16(20)9-14-8-15(18)7-12-3-4-21-17(12)14/h5-8H,3-4,9H2,1-2H3. The molecule has 0 atom stereocenters. The van der Waals surface area contributed by atoms with E-state index in [0.29, 0.717) is 18.6 Å². The van der Waals surface area contributed by atoms with Gasteiger partial charge in [-0.3, -0.25) is 9.78 Å². The van der Waals surface area contributed by atoms with Crippen molar-refractivity contribution in [2.75, 3.05) is 6.61 Å². The Morgan fingerprint density at radius 1 is 1.24 bits per heavy atom. The molecule has 2 aromatic rings. The fourth-order valence-electron chi connectivity index (χ4n) is 2.75. The molecule has 3 nitrogen and oxygen atoms in total. The fraction of sp³-hybridized carbons (Fsp3) is 0.294. The van der Waals surface area contributed by atoms with Gasteiger partial charge in [0, 0.05) is 39.8 Å². The first-order valence-corrected chi connectivity index (χ1v) is 7.75. The highest BCUT2D eigenvalue weighted by Gasteiger charge is 2.20. The van der Waals surface area contributed by atoms with E-state index in [0.717, 1.165) is 33.6 Å². The van der Waals surface area contributed by atoms with Gasteiger partial charge in [0.25, 0.3) is 0 Å². The quantitative estimate of drug-likeness (QED) is 0.793. The van der Waals surface area contributed by atoms with Crippen LogP contribution in [0.2, 0.25) is 0 Å². The number of ketones is 1. The molecule has 3 rings (SSSR count). The van der Waals surface area contributed by atoms with Gasteiger partial charge in [-0.25, -0.2) is 0 Å². The third-order valence-electron chi connectivity index (χ3n) is 3.58. The summed E-state index contributed by atoms with van der Waals surface area (Å²) >= 11 is 3.51. The Balaban J connectivity index is 1.92. The Morgan fingerprint density at radius 2 is 1.95 bits per heavy atom. The molecule has 1 aliphatic heterocycles. The zero-order chi connectivity index (χ0) is 15.0. The van der Waals surface area contributed by atoms with Crippen molar-refractivity contribution in [1.29, 1.82) is 0 Å². The lowest BCUT2D eigenvalue weighted by Gasteiger charge is -2.09. The summed E-state index contributed by atoms with van der Waals surface area (Å²) in [5, 5.41) is 0. The third-order valence-corrected chi connectivity index (χ3v) is 4.04. The SMILES string of the molecule is Cc1cc(C(=O)Cc2cc(Br)cc3c2OCC3)cc(C)n1. The van der Waals surface area contributed by atoms with Crippen LogP contribution >= 0.6 is 15.9 Å². The van der Waals surface area contributed by atoms with Gasteiger partial charge in [-0.15, -0.1) is 0 Å². The second-order valence-electron chi connectivity index (χ2n) is 5.39. The number of aromatic nitrogens is 1. The maximum atomic E-state index is 12.5. The summed E-state index contributed by atoms with van der Waals surface area (Å²) < 4.78 is 6.68. The van der Waals surface area contributed by atoms with Crippen LogP contribution in [0.15, 0.2) is 28.7 Å². The fourth-order valence-corrected chi connectivity index (χ4v) is 3.30. The van der Waals surface area contributed by atoms with E-state index in [4.69, 9.17) is 4.74 Å². The normalized spacial score (nSPS) is 12.9. The molecule has 21 heavy (non-hydrogen) atoms. The third kappa shape index (κ3) is 3.00. The lowest BCUT2D eigenvalue weighted by atomic mass is 9.99. The number of carbonyl (C=O) groups is 1. The number of halogens is 1. The van der Waals surface area contributed by atoms with Crippen LogP contribution in [0.3, 0.4) is 0 Å². The number of pyridine rings is 1. The van der Waals surface area contributed by atoms with E-state index in [1.54, 1.807) is 0 Å². The first-order chi connectivity index (χ1) is 10.0. The molecule has 0 radical (unpaired) electrons. The second kappa shape index (κ2) is 5.60. The second-order valence-corrected chi connectivity index (χ2v) is 6.31. The Kier molecular flexibility index (Phi) is 3.81. The first kappa shape index (κ1) is 14.3. The van der Waals surface area contributed by atoms with Gasteiger partial charge in [0.15, 0.2) is 5.78 Å². The van der Waals surface area contributed by atoms with Gasteiger partial charge in [-0.1, -0.05) is 15.9 Å². The summed E-state index contributed by atoms with van der Waals surface area (Å²) in [5.74, 6) is 0.980. The number of hydrogen-bond acceptors (Lipinski definition) is 3. The molecule has 2 heterocycles. The summed E-state index contributed by atoms with van der Waals surface area (Å²) in [6, 6.07) is 7.73. The molecule has 0 spiro atoms. The summed E-state index contributed by atoms with van der Waals surface area (Å²) in [5.41, 5.74) is 4.58. The molecule has 0 amide bonds. The van der Waals surface area contributed by atoms with E-state index in [9.17, 15) is 4.79 Å². The maximum absolute atomic E-state index is 12.5.